The van der Waals surface area contributed by atoms with Crippen molar-refractivity contribution < 1.29 is 19.4 Å². The molecule has 0 aliphatic rings. The highest BCUT2D eigenvalue weighted by atomic mass is 16.5. The van der Waals surface area contributed by atoms with E-state index in [0.29, 0.717) is 5.56 Å². The average molecular weight is 299 g/mol. The van der Waals surface area contributed by atoms with Crippen LogP contribution in [0.4, 0.5) is 0 Å². The highest BCUT2D eigenvalue weighted by Gasteiger charge is 2.18. The zero-order valence-corrected chi connectivity index (χ0v) is 12.2. The third-order valence-electron chi connectivity index (χ3n) is 3.05. The van der Waals surface area contributed by atoms with Crippen LogP contribution in [0.15, 0.2) is 54.6 Å². The molecule has 2 rings (SSSR count). The summed E-state index contributed by atoms with van der Waals surface area (Å²) >= 11 is 0. The fraction of sp³-hybridized carbons (Fsp3) is 0.176. The van der Waals surface area contributed by atoms with Crippen molar-refractivity contribution in [3.8, 4) is 5.75 Å². The Morgan fingerprint density at radius 2 is 1.73 bits per heavy atom. The van der Waals surface area contributed by atoms with Crippen molar-refractivity contribution in [3.05, 3.63) is 65.7 Å². The van der Waals surface area contributed by atoms with Gasteiger partial charge in [-0.3, -0.25) is 4.79 Å². The fourth-order valence-corrected chi connectivity index (χ4v) is 1.81. The number of rotatable bonds is 5. The standard InChI is InChI=1S/C17H17NO4/c1-12(17(21)22-11-13-5-3-2-4-6-13)18-16(20)14-7-9-15(19)10-8-14/h2-10,12,19H,11H2,1H3,(H,18,20)/t12-/m0/s1. The van der Waals surface area contributed by atoms with Gasteiger partial charge >= 0.3 is 5.97 Å². The van der Waals surface area contributed by atoms with Gasteiger partial charge in [-0.25, -0.2) is 4.79 Å². The second-order valence-electron chi connectivity index (χ2n) is 4.84. The minimum Gasteiger partial charge on any atom is -0.508 e. The van der Waals surface area contributed by atoms with Crippen molar-refractivity contribution in [1.29, 1.82) is 0 Å². The van der Waals surface area contributed by atoms with Crippen LogP contribution in [-0.2, 0) is 16.1 Å². The number of amides is 1. The quantitative estimate of drug-likeness (QED) is 0.830. The molecule has 5 nitrogen and oxygen atoms in total. The summed E-state index contributed by atoms with van der Waals surface area (Å²) in [7, 11) is 0. The van der Waals surface area contributed by atoms with E-state index in [9.17, 15) is 14.7 Å². The van der Waals surface area contributed by atoms with Crippen LogP contribution in [0.2, 0.25) is 0 Å². The summed E-state index contributed by atoms with van der Waals surface area (Å²) in [5.41, 5.74) is 1.24. The molecule has 22 heavy (non-hydrogen) atoms. The number of benzene rings is 2. The average Bonchev–Trinajstić information content (AvgIpc) is 2.54. The summed E-state index contributed by atoms with van der Waals surface area (Å²) in [5.74, 6) is -0.827. The van der Waals surface area contributed by atoms with Crippen LogP contribution >= 0.6 is 0 Å². The maximum Gasteiger partial charge on any atom is 0.328 e. The lowest BCUT2D eigenvalue weighted by Gasteiger charge is -2.13. The first-order valence-electron chi connectivity index (χ1n) is 6.86. The van der Waals surface area contributed by atoms with Crippen molar-refractivity contribution in [3.63, 3.8) is 0 Å². The second-order valence-corrected chi connectivity index (χ2v) is 4.84. The lowest BCUT2D eigenvalue weighted by atomic mass is 10.2. The van der Waals surface area contributed by atoms with Crippen LogP contribution in [0.25, 0.3) is 0 Å². The predicted octanol–water partition coefficient (Wildman–Crippen LogP) is 2.25. The smallest absolute Gasteiger partial charge is 0.328 e. The zero-order chi connectivity index (χ0) is 15.9. The maximum atomic E-state index is 11.9. The third kappa shape index (κ3) is 4.34. The molecule has 5 heteroatoms. The number of ether oxygens (including phenoxy) is 1. The molecule has 0 aliphatic carbocycles. The summed E-state index contributed by atoms with van der Waals surface area (Å²) in [6, 6.07) is 14.3. The SMILES string of the molecule is C[C@H](NC(=O)c1ccc(O)cc1)C(=O)OCc1ccccc1. The van der Waals surface area contributed by atoms with Crippen LogP contribution < -0.4 is 5.32 Å². The van der Waals surface area contributed by atoms with Crippen LogP contribution in [0.1, 0.15) is 22.8 Å². The Morgan fingerprint density at radius 1 is 1.09 bits per heavy atom. The van der Waals surface area contributed by atoms with Crippen molar-refractivity contribution in [1.82, 2.24) is 5.32 Å². The molecule has 2 aromatic carbocycles. The lowest BCUT2D eigenvalue weighted by molar-refractivity contribution is -0.146. The molecule has 2 aromatic rings. The molecule has 0 bridgehead atoms. The van der Waals surface area contributed by atoms with E-state index in [-0.39, 0.29) is 12.4 Å². The van der Waals surface area contributed by atoms with Gasteiger partial charge in [0.05, 0.1) is 0 Å². The summed E-state index contributed by atoms with van der Waals surface area (Å²) in [5, 5.41) is 11.7. The first kappa shape index (κ1) is 15.6. The lowest BCUT2D eigenvalue weighted by Crippen LogP contribution is -2.39. The van der Waals surface area contributed by atoms with Gasteiger partial charge in [-0.2, -0.15) is 0 Å². The van der Waals surface area contributed by atoms with Gasteiger partial charge < -0.3 is 15.2 Å². The number of phenols is 1. The number of nitrogens with one attached hydrogen (secondary N) is 1. The van der Waals surface area contributed by atoms with E-state index in [4.69, 9.17) is 4.74 Å². The van der Waals surface area contributed by atoms with E-state index in [0.717, 1.165) is 5.56 Å². The van der Waals surface area contributed by atoms with Crippen LogP contribution in [-0.4, -0.2) is 23.0 Å². The molecule has 0 saturated heterocycles. The van der Waals surface area contributed by atoms with Crippen molar-refractivity contribution in [2.75, 3.05) is 0 Å². The van der Waals surface area contributed by atoms with Crippen LogP contribution in [0.3, 0.4) is 0 Å². The molecule has 0 fully saturated rings. The molecule has 0 aliphatic heterocycles. The van der Waals surface area contributed by atoms with E-state index < -0.39 is 17.9 Å². The van der Waals surface area contributed by atoms with Crippen molar-refractivity contribution in [2.24, 2.45) is 0 Å². The molecule has 114 valence electrons. The van der Waals surface area contributed by atoms with Gasteiger partial charge in [0.25, 0.3) is 5.91 Å². The number of hydrogen-bond acceptors (Lipinski definition) is 4. The Hall–Kier alpha value is -2.82. The van der Waals surface area contributed by atoms with E-state index in [2.05, 4.69) is 5.32 Å². The summed E-state index contributed by atoms with van der Waals surface area (Å²) in [6.07, 6.45) is 0. The van der Waals surface area contributed by atoms with Crippen molar-refractivity contribution >= 4 is 11.9 Å². The first-order chi connectivity index (χ1) is 10.6. The Kier molecular flexibility index (Phi) is 5.14. The number of carbonyl (C=O) groups is 2. The molecule has 0 spiro atoms. The highest BCUT2D eigenvalue weighted by molar-refractivity contribution is 5.96. The number of carbonyl (C=O) groups excluding carboxylic acids is 2. The minimum absolute atomic E-state index is 0.0758. The molecule has 0 radical (unpaired) electrons. The largest absolute Gasteiger partial charge is 0.508 e. The number of phenolic OH excluding ortho intramolecular Hbond substituents is 1. The molecular formula is C17H17NO4. The van der Waals surface area contributed by atoms with Crippen LogP contribution in [0, 0.1) is 0 Å². The van der Waals surface area contributed by atoms with Gasteiger partial charge in [0.1, 0.15) is 18.4 Å². The fourth-order valence-electron chi connectivity index (χ4n) is 1.81. The molecule has 2 N–H and O–H groups in total. The molecule has 0 saturated carbocycles. The molecule has 0 unspecified atom stereocenters. The molecule has 0 heterocycles. The number of hydrogen-bond donors (Lipinski definition) is 2. The normalized spacial score (nSPS) is 11.5. The Balaban J connectivity index is 1.85. The molecule has 1 atom stereocenters. The van der Waals surface area contributed by atoms with Gasteiger partial charge in [0.15, 0.2) is 0 Å². The summed E-state index contributed by atoms with van der Waals surface area (Å²) < 4.78 is 5.15. The summed E-state index contributed by atoms with van der Waals surface area (Å²) in [6.45, 7) is 1.73. The van der Waals surface area contributed by atoms with E-state index in [1.165, 1.54) is 24.3 Å². The topological polar surface area (TPSA) is 75.6 Å². The third-order valence-corrected chi connectivity index (χ3v) is 3.05. The van der Waals surface area contributed by atoms with Gasteiger partial charge in [0, 0.05) is 5.56 Å². The molecule has 0 aromatic heterocycles. The highest BCUT2D eigenvalue weighted by Crippen LogP contribution is 2.09. The van der Waals surface area contributed by atoms with Gasteiger partial charge in [-0.1, -0.05) is 30.3 Å². The predicted molar refractivity (Wildman–Crippen MR) is 81.3 cm³/mol. The van der Waals surface area contributed by atoms with E-state index >= 15 is 0 Å². The van der Waals surface area contributed by atoms with E-state index in [1.54, 1.807) is 6.92 Å². The van der Waals surface area contributed by atoms with Crippen LogP contribution in [0.5, 0.6) is 5.75 Å². The second kappa shape index (κ2) is 7.26. The zero-order valence-electron chi connectivity index (χ0n) is 12.2. The Labute approximate surface area is 128 Å². The molecular weight excluding hydrogens is 282 g/mol. The maximum absolute atomic E-state index is 11.9. The number of esters is 1. The molecule has 1 amide bonds. The number of aromatic hydroxyl groups is 1. The van der Waals surface area contributed by atoms with E-state index in [1.807, 2.05) is 30.3 Å². The van der Waals surface area contributed by atoms with Gasteiger partial charge in [-0.15, -0.1) is 0 Å². The summed E-state index contributed by atoms with van der Waals surface area (Å²) in [4.78, 5) is 23.8. The Morgan fingerprint density at radius 3 is 2.36 bits per heavy atom. The van der Waals surface area contributed by atoms with Gasteiger partial charge in [-0.05, 0) is 36.8 Å². The Bertz CT molecular complexity index is 637. The monoisotopic (exact) mass is 299 g/mol. The first-order valence-corrected chi connectivity index (χ1v) is 6.86. The van der Waals surface area contributed by atoms with Crippen molar-refractivity contribution in [2.45, 2.75) is 19.6 Å². The minimum atomic E-state index is -0.759. The van der Waals surface area contributed by atoms with Gasteiger partial charge in [0.2, 0.25) is 0 Å².